The number of aliphatic carboxylic acids is 1. The van der Waals surface area contributed by atoms with E-state index in [0.717, 1.165) is 6.08 Å². The molecular formula is C31H34O13. The van der Waals surface area contributed by atoms with Crippen LogP contribution in [0, 0.1) is 0 Å². The Morgan fingerprint density at radius 1 is 0.955 bits per heavy atom. The number of phenolic OH excluding ortho intramolecular Hbond substituents is 4. The minimum absolute atomic E-state index is 0.173. The van der Waals surface area contributed by atoms with E-state index in [9.17, 15) is 50.1 Å². The van der Waals surface area contributed by atoms with Crippen LogP contribution in [0.3, 0.4) is 0 Å². The quantitative estimate of drug-likeness (QED) is 0.150. The Morgan fingerprint density at radius 2 is 1.68 bits per heavy atom. The summed E-state index contributed by atoms with van der Waals surface area (Å²) < 4.78 is 17.4. The zero-order chi connectivity index (χ0) is 32.0. The van der Waals surface area contributed by atoms with Gasteiger partial charge < -0.3 is 50.0 Å². The van der Waals surface area contributed by atoms with Crippen LogP contribution in [0.2, 0.25) is 0 Å². The molecule has 4 rings (SSSR count). The first-order valence-electron chi connectivity index (χ1n) is 13.9. The number of hydrogen-bond acceptors (Lipinski definition) is 12. The normalized spacial score (nSPS) is 25.8. The molecule has 0 aromatic heterocycles. The number of hydrogen-bond donors (Lipinski definition) is 7. The third-order valence-electron chi connectivity index (χ3n) is 7.57. The molecule has 1 saturated heterocycles. The highest BCUT2D eigenvalue weighted by atomic mass is 16.6. The second kappa shape index (κ2) is 14.0. The minimum Gasteiger partial charge on any atom is -0.504 e. The molecule has 2 fully saturated rings. The fourth-order valence-electron chi connectivity index (χ4n) is 5.20. The lowest BCUT2D eigenvalue weighted by molar-refractivity contribution is -0.225. The van der Waals surface area contributed by atoms with Crippen molar-refractivity contribution >= 4 is 29.7 Å². The van der Waals surface area contributed by atoms with Crippen LogP contribution in [0.4, 0.5) is 0 Å². The highest BCUT2D eigenvalue weighted by Gasteiger charge is 2.53. The summed E-state index contributed by atoms with van der Waals surface area (Å²) in [6, 6.07) is 6.28. The van der Waals surface area contributed by atoms with Crippen LogP contribution < -0.4 is 0 Å². The predicted molar refractivity (Wildman–Crippen MR) is 153 cm³/mol. The number of carbonyl (C=O) groups is 3. The van der Waals surface area contributed by atoms with Crippen molar-refractivity contribution in [3.8, 4) is 23.0 Å². The van der Waals surface area contributed by atoms with Crippen LogP contribution >= 0.6 is 0 Å². The number of carboxylic acids is 1. The number of aliphatic hydroxyl groups is 2. The van der Waals surface area contributed by atoms with E-state index in [0.29, 0.717) is 12.0 Å². The molecule has 1 saturated carbocycles. The number of ketones is 2. The van der Waals surface area contributed by atoms with Gasteiger partial charge in [-0.05, 0) is 65.9 Å². The number of phenols is 4. The van der Waals surface area contributed by atoms with E-state index in [4.69, 9.17) is 14.2 Å². The predicted octanol–water partition coefficient (Wildman–Crippen LogP) is 1.79. The van der Waals surface area contributed by atoms with E-state index >= 15 is 0 Å². The summed E-state index contributed by atoms with van der Waals surface area (Å²) in [4.78, 5) is 38.1. The van der Waals surface area contributed by atoms with Gasteiger partial charge >= 0.3 is 5.97 Å². The summed E-state index contributed by atoms with van der Waals surface area (Å²) in [7, 11) is 0. The Morgan fingerprint density at radius 3 is 2.39 bits per heavy atom. The third-order valence-corrected chi connectivity index (χ3v) is 7.57. The minimum atomic E-state index is -2.04. The van der Waals surface area contributed by atoms with Gasteiger partial charge in [0, 0.05) is 19.4 Å². The van der Waals surface area contributed by atoms with Crippen LogP contribution in [0.1, 0.15) is 42.4 Å². The number of benzene rings is 2. The molecule has 236 valence electrons. The van der Waals surface area contributed by atoms with E-state index < -0.39 is 78.7 Å². The average molecular weight is 615 g/mol. The van der Waals surface area contributed by atoms with Gasteiger partial charge in [0.2, 0.25) is 0 Å². The van der Waals surface area contributed by atoms with Gasteiger partial charge in [0.05, 0.1) is 18.8 Å². The van der Waals surface area contributed by atoms with Crippen LogP contribution in [-0.4, -0.2) is 96.5 Å². The van der Waals surface area contributed by atoms with Gasteiger partial charge in [0.25, 0.3) is 0 Å². The second-order valence-corrected chi connectivity index (χ2v) is 10.7. The smallest absolute Gasteiger partial charge is 0.336 e. The maximum Gasteiger partial charge on any atom is 0.336 e. The van der Waals surface area contributed by atoms with Crippen molar-refractivity contribution in [3.05, 3.63) is 59.2 Å². The lowest BCUT2D eigenvalue weighted by atomic mass is 9.78. The first-order chi connectivity index (χ1) is 20.9. The van der Waals surface area contributed by atoms with Crippen LogP contribution in [0.5, 0.6) is 23.0 Å². The number of carbonyl (C=O) groups excluding carboxylic acids is 2. The second-order valence-electron chi connectivity index (χ2n) is 10.7. The van der Waals surface area contributed by atoms with Gasteiger partial charge in [0.1, 0.15) is 18.8 Å². The summed E-state index contributed by atoms with van der Waals surface area (Å²) in [6.07, 6.45) is 0.444. The van der Waals surface area contributed by atoms with Gasteiger partial charge in [-0.2, -0.15) is 0 Å². The summed E-state index contributed by atoms with van der Waals surface area (Å²) in [5.74, 6) is -4.12. The number of fused-ring (bicyclic) bond motifs is 1. The monoisotopic (exact) mass is 614 g/mol. The van der Waals surface area contributed by atoms with Crippen molar-refractivity contribution in [3.63, 3.8) is 0 Å². The molecule has 13 nitrogen and oxygen atoms in total. The Bertz CT molecular complexity index is 1450. The lowest BCUT2D eigenvalue weighted by Crippen LogP contribution is -2.60. The average Bonchev–Trinajstić information content (AvgIpc) is 2.97. The molecular weight excluding hydrogens is 580 g/mol. The first-order valence-corrected chi connectivity index (χ1v) is 13.9. The van der Waals surface area contributed by atoms with Gasteiger partial charge in [-0.3, -0.25) is 9.59 Å². The fourth-order valence-corrected chi connectivity index (χ4v) is 5.20. The molecule has 7 N–H and O–H groups in total. The molecule has 0 amide bonds. The van der Waals surface area contributed by atoms with Crippen molar-refractivity contribution in [1.82, 2.24) is 0 Å². The lowest BCUT2D eigenvalue weighted by Gasteiger charge is -2.45. The fraction of sp³-hybridized carbons (Fsp3) is 0.387. The number of ether oxygens (including phenoxy) is 3. The van der Waals surface area contributed by atoms with Crippen LogP contribution in [-0.2, 0) is 35.2 Å². The molecule has 1 heterocycles. The van der Waals surface area contributed by atoms with Crippen molar-refractivity contribution in [2.24, 2.45) is 0 Å². The van der Waals surface area contributed by atoms with Crippen molar-refractivity contribution in [2.75, 3.05) is 13.2 Å². The van der Waals surface area contributed by atoms with Gasteiger partial charge in [-0.15, -0.1) is 0 Å². The Kier molecular flexibility index (Phi) is 10.4. The standard InChI is InChI=1S/C31H34O13/c32-15-19-12-25(38)24(37)11-18(19)5-8-22(35)27-2-1-9-42-29-26(39)13-31(30(40)41,14-28(29)44-27)43-16-20(33)6-3-17-4-7-21(34)23(36)10-17/h3-8,10-12,26-29,32,34,36-39H,1-2,9,13-16H2,(H,40,41)/b6-3+,8-5-/t26-,27+,28-,29-,31+/m1/s1. The van der Waals surface area contributed by atoms with Crippen molar-refractivity contribution in [2.45, 2.75) is 62.3 Å². The van der Waals surface area contributed by atoms with E-state index in [2.05, 4.69) is 0 Å². The highest BCUT2D eigenvalue weighted by molar-refractivity contribution is 5.97. The molecule has 2 aromatic carbocycles. The molecule has 1 aliphatic carbocycles. The van der Waals surface area contributed by atoms with E-state index in [1.54, 1.807) is 0 Å². The maximum atomic E-state index is 13.2. The summed E-state index contributed by atoms with van der Waals surface area (Å²) >= 11 is 0. The van der Waals surface area contributed by atoms with E-state index in [-0.39, 0.29) is 42.1 Å². The third kappa shape index (κ3) is 7.62. The van der Waals surface area contributed by atoms with E-state index in [1.807, 2.05) is 0 Å². The first kappa shape index (κ1) is 32.6. The molecule has 0 spiro atoms. The Labute approximate surface area is 251 Å². The van der Waals surface area contributed by atoms with Crippen LogP contribution in [0.15, 0.2) is 42.5 Å². The topological polar surface area (TPSA) is 221 Å². The SMILES string of the molecule is O=C(/C=C/c1ccc(O)c(O)c1)CO[C@@]1(C(=O)O)C[C@@H](O)[C@H]2OCCC[C@@H](C(=O)/C=C\c3cc(O)c(O)cc3CO)O[C@@H]2C1. The summed E-state index contributed by atoms with van der Waals surface area (Å²) in [5, 5.41) is 69.1. The number of aliphatic hydroxyl groups excluding tert-OH is 2. The van der Waals surface area contributed by atoms with Crippen molar-refractivity contribution < 1.29 is 64.3 Å². The number of rotatable bonds is 10. The molecule has 0 radical (unpaired) electrons. The molecule has 0 bridgehead atoms. The van der Waals surface area contributed by atoms with Crippen molar-refractivity contribution in [1.29, 1.82) is 0 Å². The largest absolute Gasteiger partial charge is 0.504 e. The molecule has 13 heteroatoms. The van der Waals surface area contributed by atoms with Gasteiger partial charge in [0.15, 0.2) is 40.2 Å². The molecule has 2 aromatic rings. The van der Waals surface area contributed by atoms with E-state index in [1.165, 1.54) is 48.6 Å². The van der Waals surface area contributed by atoms with Gasteiger partial charge in [-0.1, -0.05) is 18.2 Å². The Hall–Kier alpha value is -4.27. The molecule has 2 aliphatic rings. The summed E-state index contributed by atoms with van der Waals surface area (Å²) in [6.45, 7) is -0.946. The highest BCUT2D eigenvalue weighted by Crippen LogP contribution is 2.38. The number of aromatic hydroxyl groups is 4. The zero-order valence-corrected chi connectivity index (χ0v) is 23.5. The number of carboxylic acid groups (broad SMARTS) is 1. The molecule has 1 aliphatic heterocycles. The Balaban J connectivity index is 1.48. The summed E-state index contributed by atoms with van der Waals surface area (Å²) in [5.41, 5.74) is -1.08. The van der Waals surface area contributed by atoms with Gasteiger partial charge in [-0.25, -0.2) is 4.79 Å². The maximum absolute atomic E-state index is 13.2. The molecule has 0 unspecified atom stereocenters. The van der Waals surface area contributed by atoms with Crippen LogP contribution in [0.25, 0.3) is 12.2 Å². The zero-order valence-electron chi connectivity index (χ0n) is 23.5. The molecule has 5 atom stereocenters. The molecule has 44 heavy (non-hydrogen) atoms.